The van der Waals surface area contributed by atoms with Crippen molar-refractivity contribution in [3.8, 4) is 0 Å². The minimum Gasteiger partial charge on any atom is -0.478 e. The van der Waals surface area contributed by atoms with Gasteiger partial charge in [0.25, 0.3) is 0 Å². The van der Waals surface area contributed by atoms with E-state index in [1.54, 1.807) is 30.2 Å². The number of carboxylic acids is 1. The summed E-state index contributed by atoms with van der Waals surface area (Å²) in [4.78, 5) is 25.5. The van der Waals surface area contributed by atoms with E-state index in [-0.39, 0.29) is 17.1 Å². The van der Waals surface area contributed by atoms with E-state index in [1.807, 2.05) is 17.5 Å². The van der Waals surface area contributed by atoms with Gasteiger partial charge >= 0.3 is 5.97 Å². The average molecular weight is 267 g/mol. The van der Waals surface area contributed by atoms with Crippen molar-refractivity contribution in [3.63, 3.8) is 0 Å². The van der Waals surface area contributed by atoms with Gasteiger partial charge in [-0.15, -0.1) is 11.3 Å². The molecule has 1 aromatic heterocycles. The zero-order valence-electron chi connectivity index (χ0n) is 10.8. The molecule has 0 fully saturated rings. The maximum atomic E-state index is 12.0. The lowest BCUT2D eigenvalue weighted by Gasteiger charge is -2.17. The Morgan fingerprint density at radius 3 is 2.50 bits per heavy atom. The molecular weight excluding hydrogens is 250 g/mol. The molecule has 1 N–H and O–H groups in total. The van der Waals surface area contributed by atoms with Crippen molar-refractivity contribution in [2.75, 3.05) is 13.6 Å². The summed E-state index contributed by atoms with van der Waals surface area (Å²) in [5.41, 5.74) is 0.388. The monoisotopic (exact) mass is 267 g/mol. The second kappa shape index (κ2) is 6.35. The summed E-state index contributed by atoms with van der Waals surface area (Å²) in [5.74, 6) is -1.28. The number of likely N-dealkylation sites (N-methyl/N-ethyl adjacent to an activating group) is 1. The van der Waals surface area contributed by atoms with Crippen molar-refractivity contribution in [1.29, 1.82) is 0 Å². The molecule has 0 unspecified atom stereocenters. The van der Waals surface area contributed by atoms with Crippen LogP contribution in [-0.4, -0.2) is 35.5 Å². The lowest BCUT2D eigenvalue weighted by atomic mass is 10.1. The second-order valence-corrected chi connectivity index (χ2v) is 5.14. The first-order chi connectivity index (χ1) is 8.43. The molecule has 0 bridgehead atoms. The van der Waals surface area contributed by atoms with E-state index in [2.05, 4.69) is 0 Å². The van der Waals surface area contributed by atoms with Gasteiger partial charge in [0.05, 0.1) is 0 Å². The Morgan fingerprint density at radius 2 is 2.00 bits per heavy atom. The Bertz CT molecular complexity index is 463. The van der Waals surface area contributed by atoms with Crippen molar-refractivity contribution < 1.29 is 14.7 Å². The Kier molecular flexibility index (Phi) is 5.09. The number of carbonyl (C=O) groups is 2. The highest BCUT2D eigenvalue weighted by Gasteiger charge is 2.16. The van der Waals surface area contributed by atoms with E-state index < -0.39 is 5.97 Å². The van der Waals surface area contributed by atoms with Gasteiger partial charge in [-0.3, -0.25) is 4.79 Å². The van der Waals surface area contributed by atoms with E-state index in [1.165, 1.54) is 11.8 Å². The summed E-state index contributed by atoms with van der Waals surface area (Å²) in [6.07, 6.45) is 0.791. The number of carboxylic acid groups (broad SMARTS) is 1. The number of aliphatic carboxylic acids is 1. The smallest absolute Gasteiger partial charge is 0.331 e. The largest absolute Gasteiger partial charge is 0.478 e. The molecule has 1 aromatic rings. The summed E-state index contributed by atoms with van der Waals surface area (Å²) >= 11 is 1.65. The van der Waals surface area contributed by atoms with Crippen LogP contribution in [-0.2, 0) is 16.0 Å². The highest BCUT2D eigenvalue weighted by atomic mass is 32.1. The number of nitrogens with zero attached hydrogens (tertiary/aromatic N) is 1. The standard InChI is InChI=1S/C13H17NO3S/c1-9(10(2)13(16)17)12(15)14(3)7-6-11-5-4-8-18-11/h4-5,8H,6-7H2,1-3H3,(H,16,17). The molecule has 18 heavy (non-hydrogen) atoms. The third-order valence-electron chi connectivity index (χ3n) is 2.82. The average Bonchev–Trinajstić information content (AvgIpc) is 2.86. The van der Waals surface area contributed by atoms with Crippen LogP contribution in [0.1, 0.15) is 18.7 Å². The van der Waals surface area contributed by atoms with Crippen molar-refractivity contribution in [2.45, 2.75) is 20.3 Å². The number of carbonyl (C=O) groups excluding carboxylic acids is 1. The predicted molar refractivity (Wildman–Crippen MR) is 71.7 cm³/mol. The Hall–Kier alpha value is -1.62. The van der Waals surface area contributed by atoms with Gasteiger partial charge in [-0.25, -0.2) is 4.79 Å². The fourth-order valence-corrected chi connectivity index (χ4v) is 2.14. The molecule has 0 spiro atoms. The van der Waals surface area contributed by atoms with Crippen molar-refractivity contribution in [1.82, 2.24) is 4.90 Å². The topological polar surface area (TPSA) is 57.6 Å². The predicted octanol–water partition coefficient (Wildman–Crippen LogP) is 2.17. The van der Waals surface area contributed by atoms with Crippen LogP contribution in [0.4, 0.5) is 0 Å². The summed E-state index contributed by atoms with van der Waals surface area (Å²) in [5, 5.41) is 10.8. The van der Waals surface area contributed by atoms with Gasteiger partial charge in [0.15, 0.2) is 0 Å². The number of amides is 1. The zero-order chi connectivity index (χ0) is 13.7. The number of thiophene rings is 1. The van der Waals surface area contributed by atoms with E-state index in [9.17, 15) is 9.59 Å². The third kappa shape index (κ3) is 3.70. The molecule has 98 valence electrons. The van der Waals surface area contributed by atoms with Crippen LogP contribution in [0.2, 0.25) is 0 Å². The van der Waals surface area contributed by atoms with Crippen LogP contribution in [0.25, 0.3) is 0 Å². The van der Waals surface area contributed by atoms with E-state index in [0.29, 0.717) is 6.54 Å². The summed E-state index contributed by atoms with van der Waals surface area (Å²) in [6, 6.07) is 4.00. The fraction of sp³-hybridized carbons (Fsp3) is 0.385. The molecule has 0 atom stereocenters. The number of hydrogen-bond donors (Lipinski definition) is 1. The van der Waals surface area contributed by atoms with Gasteiger partial charge in [-0.2, -0.15) is 0 Å². The van der Waals surface area contributed by atoms with Crippen molar-refractivity contribution in [3.05, 3.63) is 33.5 Å². The van der Waals surface area contributed by atoms with Crippen LogP contribution >= 0.6 is 11.3 Å². The molecule has 5 heteroatoms. The highest BCUT2D eigenvalue weighted by molar-refractivity contribution is 7.09. The Balaban J connectivity index is 2.61. The molecule has 1 amide bonds. The Labute approximate surface area is 111 Å². The zero-order valence-corrected chi connectivity index (χ0v) is 11.6. The van der Waals surface area contributed by atoms with Crippen molar-refractivity contribution in [2.24, 2.45) is 0 Å². The van der Waals surface area contributed by atoms with E-state index >= 15 is 0 Å². The molecule has 0 aliphatic rings. The maximum absolute atomic E-state index is 12.0. The molecule has 0 radical (unpaired) electrons. The van der Waals surface area contributed by atoms with Crippen LogP contribution in [0.5, 0.6) is 0 Å². The van der Waals surface area contributed by atoms with Crippen LogP contribution in [0, 0.1) is 0 Å². The third-order valence-corrected chi connectivity index (χ3v) is 3.76. The first-order valence-corrected chi connectivity index (χ1v) is 6.50. The molecule has 0 saturated carbocycles. The molecule has 0 aliphatic carbocycles. The molecule has 0 aliphatic heterocycles. The molecule has 0 saturated heterocycles. The summed E-state index contributed by atoms with van der Waals surface area (Å²) in [6.45, 7) is 3.58. The first kappa shape index (κ1) is 14.4. The SMILES string of the molecule is CC(C(=O)O)=C(C)C(=O)N(C)CCc1cccs1. The quantitative estimate of drug-likeness (QED) is 0.832. The first-order valence-electron chi connectivity index (χ1n) is 5.62. The van der Waals surface area contributed by atoms with Crippen LogP contribution in [0.15, 0.2) is 28.7 Å². The lowest BCUT2D eigenvalue weighted by molar-refractivity contribution is -0.133. The van der Waals surface area contributed by atoms with Gasteiger partial charge in [-0.05, 0) is 31.7 Å². The minimum atomic E-state index is -1.05. The fourth-order valence-electron chi connectivity index (χ4n) is 1.44. The van der Waals surface area contributed by atoms with E-state index in [0.717, 1.165) is 6.42 Å². The van der Waals surface area contributed by atoms with Gasteiger partial charge in [0.2, 0.25) is 5.91 Å². The normalized spacial score (nSPS) is 11.9. The number of rotatable bonds is 5. The van der Waals surface area contributed by atoms with Gasteiger partial charge in [0.1, 0.15) is 0 Å². The van der Waals surface area contributed by atoms with Crippen LogP contribution in [0.3, 0.4) is 0 Å². The molecule has 4 nitrogen and oxygen atoms in total. The summed E-state index contributed by atoms with van der Waals surface area (Å²) < 4.78 is 0. The second-order valence-electron chi connectivity index (χ2n) is 4.11. The van der Waals surface area contributed by atoms with Gasteiger partial charge < -0.3 is 10.0 Å². The maximum Gasteiger partial charge on any atom is 0.331 e. The van der Waals surface area contributed by atoms with Crippen LogP contribution < -0.4 is 0 Å². The summed E-state index contributed by atoms with van der Waals surface area (Å²) in [7, 11) is 1.69. The Morgan fingerprint density at radius 1 is 1.33 bits per heavy atom. The van der Waals surface area contributed by atoms with Gasteiger partial charge in [0, 0.05) is 29.6 Å². The van der Waals surface area contributed by atoms with Crippen molar-refractivity contribution >= 4 is 23.2 Å². The van der Waals surface area contributed by atoms with Gasteiger partial charge in [-0.1, -0.05) is 6.07 Å². The molecule has 0 aromatic carbocycles. The highest BCUT2D eigenvalue weighted by Crippen LogP contribution is 2.11. The molecule has 1 heterocycles. The number of hydrogen-bond acceptors (Lipinski definition) is 3. The molecule has 1 rings (SSSR count). The minimum absolute atomic E-state index is 0.1000. The van der Waals surface area contributed by atoms with E-state index in [4.69, 9.17) is 5.11 Å². The lowest BCUT2D eigenvalue weighted by Crippen LogP contribution is -2.30. The molecular formula is C13H17NO3S.